The van der Waals surface area contributed by atoms with Gasteiger partial charge in [0.1, 0.15) is 5.82 Å². The number of thioether (sulfide) groups is 1. The van der Waals surface area contributed by atoms with Crippen molar-refractivity contribution in [2.45, 2.75) is 18.5 Å². The topological polar surface area (TPSA) is 88.9 Å². The van der Waals surface area contributed by atoms with E-state index < -0.39 is 0 Å². The van der Waals surface area contributed by atoms with E-state index in [0.717, 1.165) is 15.7 Å². The SMILES string of the molecule is Cc1ccc(NC(=O)Cc2nnc(SCC(=O)Nc3ccc(Br)c(Cl)c3)n2C)cc1. The highest BCUT2D eigenvalue weighted by atomic mass is 79.9. The number of hydrogen-bond donors (Lipinski definition) is 2. The fourth-order valence-electron chi connectivity index (χ4n) is 2.51. The first-order valence-corrected chi connectivity index (χ1v) is 11.1. The van der Waals surface area contributed by atoms with E-state index in [0.29, 0.717) is 21.7 Å². The van der Waals surface area contributed by atoms with Gasteiger partial charge in [0.05, 0.1) is 17.2 Å². The zero-order chi connectivity index (χ0) is 21.7. The number of carbonyl (C=O) groups is 2. The van der Waals surface area contributed by atoms with Crippen LogP contribution in [0.4, 0.5) is 11.4 Å². The van der Waals surface area contributed by atoms with Crippen molar-refractivity contribution in [1.29, 1.82) is 0 Å². The summed E-state index contributed by atoms with van der Waals surface area (Å²) >= 11 is 10.6. The van der Waals surface area contributed by atoms with Crippen LogP contribution in [0.1, 0.15) is 11.4 Å². The molecule has 0 spiro atoms. The largest absolute Gasteiger partial charge is 0.326 e. The number of benzene rings is 2. The summed E-state index contributed by atoms with van der Waals surface area (Å²) in [5.41, 5.74) is 2.46. The minimum atomic E-state index is -0.194. The molecule has 7 nitrogen and oxygen atoms in total. The number of aromatic nitrogens is 3. The number of halogens is 2. The van der Waals surface area contributed by atoms with Crippen LogP contribution in [0.15, 0.2) is 52.1 Å². The van der Waals surface area contributed by atoms with E-state index in [1.807, 2.05) is 31.2 Å². The molecule has 0 aliphatic carbocycles. The second-order valence-corrected chi connectivity index (χ2v) is 8.72. The molecule has 0 fully saturated rings. The number of aryl methyl sites for hydroxylation is 1. The molecule has 0 bridgehead atoms. The third-order valence-corrected chi connectivity index (χ3v) is 6.37. The fourth-order valence-corrected chi connectivity index (χ4v) is 3.67. The van der Waals surface area contributed by atoms with Gasteiger partial charge in [0, 0.05) is 22.9 Å². The summed E-state index contributed by atoms with van der Waals surface area (Å²) in [4.78, 5) is 24.5. The lowest BCUT2D eigenvalue weighted by atomic mass is 10.2. The van der Waals surface area contributed by atoms with Crippen molar-refractivity contribution < 1.29 is 9.59 Å². The van der Waals surface area contributed by atoms with Crippen molar-refractivity contribution in [3.63, 3.8) is 0 Å². The van der Waals surface area contributed by atoms with Gasteiger partial charge >= 0.3 is 0 Å². The van der Waals surface area contributed by atoms with E-state index in [2.05, 4.69) is 36.8 Å². The Hall–Kier alpha value is -2.36. The molecular formula is C20H19BrClN5O2S. The van der Waals surface area contributed by atoms with Gasteiger partial charge in [-0.25, -0.2) is 0 Å². The predicted molar refractivity (Wildman–Crippen MR) is 123 cm³/mol. The molecule has 2 amide bonds. The molecule has 2 aromatic carbocycles. The van der Waals surface area contributed by atoms with E-state index in [4.69, 9.17) is 11.6 Å². The first kappa shape index (κ1) is 22.3. The normalized spacial score (nSPS) is 10.7. The maximum absolute atomic E-state index is 12.3. The van der Waals surface area contributed by atoms with Crippen LogP contribution < -0.4 is 10.6 Å². The first-order chi connectivity index (χ1) is 14.3. The Morgan fingerprint density at radius 3 is 2.43 bits per heavy atom. The van der Waals surface area contributed by atoms with E-state index in [-0.39, 0.29) is 24.0 Å². The lowest BCUT2D eigenvalue weighted by Gasteiger charge is -2.07. The van der Waals surface area contributed by atoms with Crippen LogP contribution in [0.3, 0.4) is 0 Å². The molecule has 0 radical (unpaired) electrons. The van der Waals surface area contributed by atoms with Gasteiger partial charge in [0.25, 0.3) is 0 Å². The predicted octanol–water partition coefficient (Wildman–Crippen LogP) is 4.45. The number of rotatable bonds is 7. The molecule has 156 valence electrons. The van der Waals surface area contributed by atoms with Crippen molar-refractivity contribution in [3.8, 4) is 0 Å². The molecule has 0 aliphatic rings. The third-order valence-electron chi connectivity index (χ3n) is 4.11. The Balaban J connectivity index is 1.53. The van der Waals surface area contributed by atoms with Gasteiger partial charge in [0.15, 0.2) is 5.16 Å². The van der Waals surface area contributed by atoms with Gasteiger partial charge in [-0.05, 0) is 53.2 Å². The summed E-state index contributed by atoms with van der Waals surface area (Å²) in [6, 6.07) is 12.7. The molecule has 0 saturated carbocycles. The highest BCUT2D eigenvalue weighted by molar-refractivity contribution is 9.10. The summed E-state index contributed by atoms with van der Waals surface area (Å²) in [7, 11) is 1.77. The Labute approximate surface area is 191 Å². The van der Waals surface area contributed by atoms with Gasteiger partial charge < -0.3 is 15.2 Å². The average Bonchev–Trinajstić information content (AvgIpc) is 3.04. The second-order valence-electron chi connectivity index (χ2n) is 6.51. The van der Waals surface area contributed by atoms with Crippen LogP contribution in [0, 0.1) is 6.92 Å². The van der Waals surface area contributed by atoms with E-state index in [1.165, 1.54) is 11.8 Å². The molecule has 0 atom stereocenters. The number of nitrogens with one attached hydrogen (secondary N) is 2. The molecule has 0 aliphatic heterocycles. The van der Waals surface area contributed by atoms with Crippen LogP contribution >= 0.6 is 39.3 Å². The molecule has 2 N–H and O–H groups in total. The number of nitrogens with zero attached hydrogens (tertiary/aromatic N) is 3. The van der Waals surface area contributed by atoms with E-state index in [9.17, 15) is 9.59 Å². The maximum atomic E-state index is 12.3. The van der Waals surface area contributed by atoms with Crippen LogP contribution in [0.2, 0.25) is 5.02 Å². The van der Waals surface area contributed by atoms with Gasteiger partial charge in [-0.3, -0.25) is 9.59 Å². The molecule has 0 unspecified atom stereocenters. The molecule has 3 aromatic rings. The Kier molecular flexibility index (Phi) is 7.52. The Morgan fingerprint density at radius 1 is 1.07 bits per heavy atom. The van der Waals surface area contributed by atoms with Crippen molar-refractivity contribution in [3.05, 3.63) is 63.3 Å². The standard InChI is InChI=1S/C20H19BrClN5O2S/c1-12-3-5-13(6-4-12)23-18(28)10-17-25-26-20(27(17)2)30-11-19(29)24-14-7-8-15(21)16(22)9-14/h3-9H,10-11H2,1-2H3,(H,23,28)(H,24,29). The Morgan fingerprint density at radius 2 is 1.73 bits per heavy atom. The quantitative estimate of drug-likeness (QED) is 0.460. The molecule has 3 rings (SSSR count). The van der Waals surface area contributed by atoms with Gasteiger partial charge in [-0.2, -0.15) is 0 Å². The van der Waals surface area contributed by atoms with E-state index >= 15 is 0 Å². The lowest BCUT2D eigenvalue weighted by Crippen LogP contribution is -2.17. The highest BCUT2D eigenvalue weighted by Gasteiger charge is 2.15. The highest BCUT2D eigenvalue weighted by Crippen LogP contribution is 2.26. The van der Waals surface area contributed by atoms with Gasteiger partial charge in [-0.15, -0.1) is 10.2 Å². The first-order valence-electron chi connectivity index (χ1n) is 8.94. The monoisotopic (exact) mass is 507 g/mol. The summed E-state index contributed by atoms with van der Waals surface area (Å²) in [5.74, 6) is 0.285. The van der Waals surface area contributed by atoms with Crippen LogP contribution in [0.25, 0.3) is 0 Å². The minimum Gasteiger partial charge on any atom is -0.326 e. The number of carbonyl (C=O) groups excluding carboxylic acids is 2. The second kappa shape index (κ2) is 10.1. The molecular weight excluding hydrogens is 490 g/mol. The van der Waals surface area contributed by atoms with Crippen LogP contribution in [-0.2, 0) is 23.1 Å². The number of anilines is 2. The average molecular weight is 509 g/mol. The van der Waals surface area contributed by atoms with Gasteiger partial charge in [0.2, 0.25) is 11.8 Å². The molecule has 30 heavy (non-hydrogen) atoms. The lowest BCUT2D eigenvalue weighted by molar-refractivity contribution is -0.116. The zero-order valence-electron chi connectivity index (χ0n) is 16.3. The van der Waals surface area contributed by atoms with Crippen molar-refractivity contribution in [2.24, 2.45) is 7.05 Å². The van der Waals surface area contributed by atoms with Crippen molar-refractivity contribution >= 4 is 62.5 Å². The number of amides is 2. The van der Waals surface area contributed by atoms with Gasteiger partial charge in [-0.1, -0.05) is 41.1 Å². The van der Waals surface area contributed by atoms with Crippen LogP contribution in [-0.4, -0.2) is 32.3 Å². The maximum Gasteiger partial charge on any atom is 0.234 e. The molecule has 1 heterocycles. The molecule has 0 saturated heterocycles. The summed E-state index contributed by atoms with van der Waals surface area (Å²) in [6.07, 6.45) is 0.0848. The van der Waals surface area contributed by atoms with E-state index in [1.54, 1.807) is 29.8 Å². The Bertz CT molecular complexity index is 1070. The summed E-state index contributed by atoms with van der Waals surface area (Å²) < 4.78 is 2.47. The summed E-state index contributed by atoms with van der Waals surface area (Å²) in [5, 5.41) is 14.8. The molecule has 10 heteroatoms. The van der Waals surface area contributed by atoms with Crippen molar-refractivity contribution in [1.82, 2.24) is 14.8 Å². The zero-order valence-corrected chi connectivity index (χ0v) is 19.4. The minimum absolute atomic E-state index is 0.0848. The number of hydrogen-bond acceptors (Lipinski definition) is 5. The summed E-state index contributed by atoms with van der Waals surface area (Å²) in [6.45, 7) is 1.98. The third kappa shape index (κ3) is 6.07. The fraction of sp³-hybridized carbons (Fsp3) is 0.200. The van der Waals surface area contributed by atoms with Crippen molar-refractivity contribution in [2.75, 3.05) is 16.4 Å². The smallest absolute Gasteiger partial charge is 0.234 e. The molecule has 1 aromatic heterocycles. The van der Waals surface area contributed by atoms with Crippen LogP contribution in [0.5, 0.6) is 0 Å².